The number of carbonyl (C=O) groups is 1. The normalized spacial score (nSPS) is 14.4. The zero-order valence-corrected chi connectivity index (χ0v) is 16.6. The highest BCUT2D eigenvalue weighted by Gasteiger charge is 2.23. The Morgan fingerprint density at radius 1 is 1.00 bits per heavy atom. The Morgan fingerprint density at radius 2 is 1.75 bits per heavy atom. The first kappa shape index (κ1) is 18.4. The van der Waals surface area contributed by atoms with Crippen molar-refractivity contribution >= 4 is 23.3 Å². The maximum Gasteiger partial charge on any atom is 0.254 e. The van der Waals surface area contributed by atoms with Crippen LogP contribution in [-0.4, -0.2) is 56.5 Å². The van der Waals surface area contributed by atoms with Crippen LogP contribution in [0.25, 0.3) is 5.82 Å². The van der Waals surface area contributed by atoms with Crippen LogP contribution in [0, 0.1) is 13.8 Å². The van der Waals surface area contributed by atoms with Gasteiger partial charge in [-0.15, -0.1) is 0 Å². The second kappa shape index (κ2) is 7.59. The molecule has 1 amide bonds. The van der Waals surface area contributed by atoms with E-state index in [0.717, 1.165) is 23.0 Å². The summed E-state index contributed by atoms with van der Waals surface area (Å²) < 4.78 is 1.96. The Kier molecular flexibility index (Phi) is 5.00. The van der Waals surface area contributed by atoms with Gasteiger partial charge in [0.05, 0.1) is 5.69 Å². The van der Waals surface area contributed by atoms with Crippen molar-refractivity contribution in [1.29, 1.82) is 0 Å². The van der Waals surface area contributed by atoms with Crippen LogP contribution < -0.4 is 4.90 Å². The molecular formula is C20H21ClN6O. The van der Waals surface area contributed by atoms with Gasteiger partial charge < -0.3 is 9.80 Å². The molecule has 7 nitrogen and oxygen atoms in total. The number of benzene rings is 1. The van der Waals surface area contributed by atoms with Crippen LogP contribution in [0.2, 0.25) is 5.02 Å². The molecule has 8 heteroatoms. The van der Waals surface area contributed by atoms with Gasteiger partial charge >= 0.3 is 0 Å². The summed E-state index contributed by atoms with van der Waals surface area (Å²) in [7, 11) is 0. The Bertz CT molecular complexity index is 1010. The van der Waals surface area contributed by atoms with Crippen LogP contribution in [0.4, 0.5) is 5.82 Å². The number of aryl methyl sites for hydroxylation is 1. The lowest BCUT2D eigenvalue weighted by atomic mass is 10.2. The van der Waals surface area contributed by atoms with Crippen LogP contribution in [0.15, 0.2) is 43.0 Å². The molecule has 0 atom stereocenters. The number of amides is 1. The van der Waals surface area contributed by atoms with Crippen molar-refractivity contribution in [1.82, 2.24) is 24.4 Å². The van der Waals surface area contributed by atoms with Crippen molar-refractivity contribution in [3.05, 3.63) is 65.0 Å². The highest BCUT2D eigenvalue weighted by Crippen LogP contribution is 2.19. The summed E-state index contributed by atoms with van der Waals surface area (Å²) >= 11 is 6.01. The molecular weight excluding hydrogens is 376 g/mol. The number of carbonyl (C=O) groups excluding carboxylic acids is 1. The quantitative estimate of drug-likeness (QED) is 0.681. The van der Waals surface area contributed by atoms with Gasteiger partial charge in [-0.3, -0.25) is 9.36 Å². The third-order valence-electron chi connectivity index (χ3n) is 5.10. The average molecular weight is 397 g/mol. The van der Waals surface area contributed by atoms with E-state index in [0.29, 0.717) is 36.8 Å². The summed E-state index contributed by atoms with van der Waals surface area (Å²) in [5.41, 5.74) is 2.66. The highest BCUT2D eigenvalue weighted by atomic mass is 35.5. The summed E-state index contributed by atoms with van der Waals surface area (Å²) in [5.74, 6) is 1.65. The number of rotatable bonds is 3. The Balaban J connectivity index is 1.46. The first-order valence-electron chi connectivity index (χ1n) is 9.15. The predicted octanol–water partition coefficient (Wildman–Crippen LogP) is 2.89. The minimum atomic E-state index is 0.00930. The van der Waals surface area contributed by atoms with Gasteiger partial charge in [-0.2, -0.15) is 0 Å². The van der Waals surface area contributed by atoms with Gasteiger partial charge in [0.15, 0.2) is 0 Å². The van der Waals surface area contributed by atoms with Gasteiger partial charge in [-0.1, -0.05) is 17.7 Å². The molecule has 0 radical (unpaired) electrons. The molecule has 4 rings (SSSR count). The van der Waals surface area contributed by atoms with Gasteiger partial charge in [-0.05, 0) is 32.0 Å². The number of halogens is 1. The minimum Gasteiger partial charge on any atom is -0.353 e. The molecule has 144 valence electrons. The van der Waals surface area contributed by atoms with E-state index in [9.17, 15) is 4.79 Å². The van der Waals surface area contributed by atoms with Crippen LogP contribution >= 0.6 is 11.6 Å². The van der Waals surface area contributed by atoms with Crippen molar-refractivity contribution in [2.45, 2.75) is 13.8 Å². The SMILES string of the molecule is Cc1ncn(-c2cc(N3CCN(C(=O)c4cccc(Cl)c4)CC3)ncn2)c1C. The van der Waals surface area contributed by atoms with Crippen molar-refractivity contribution < 1.29 is 4.79 Å². The zero-order chi connectivity index (χ0) is 19.7. The third kappa shape index (κ3) is 3.57. The molecule has 0 bridgehead atoms. The number of hydrogen-bond acceptors (Lipinski definition) is 5. The molecule has 28 heavy (non-hydrogen) atoms. The molecule has 1 aromatic carbocycles. The zero-order valence-electron chi connectivity index (χ0n) is 15.8. The third-order valence-corrected chi connectivity index (χ3v) is 5.33. The lowest BCUT2D eigenvalue weighted by Gasteiger charge is -2.35. The van der Waals surface area contributed by atoms with Gasteiger partial charge in [-0.25, -0.2) is 15.0 Å². The second-order valence-electron chi connectivity index (χ2n) is 6.81. The molecule has 1 saturated heterocycles. The van der Waals surface area contributed by atoms with Gasteiger partial charge in [0.1, 0.15) is 24.3 Å². The number of anilines is 1. The number of aromatic nitrogens is 4. The standard InChI is InChI=1S/C20H21ClN6O/c1-14-15(2)27(13-24-14)19-11-18(22-12-23-19)25-6-8-26(9-7-25)20(28)16-4-3-5-17(21)10-16/h3-5,10-13H,6-9H2,1-2H3. The molecule has 0 saturated carbocycles. The average Bonchev–Trinajstić information content (AvgIpc) is 3.06. The molecule has 1 aliphatic rings. The Hall–Kier alpha value is -2.93. The highest BCUT2D eigenvalue weighted by molar-refractivity contribution is 6.30. The minimum absolute atomic E-state index is 0.00930. The molecule has 0 spiro atoms. The molecule has 1 fully saturated rings. The van der Waals surface area contributed by atoms with Gasteiger partial charge in [0.25, 0.3) is 5.91 Å². The van der Waals surface area contributed by atoms with Crippen molar-refractivity contribution in [3.63, 3.8) is 0 Å². The second-order valence-corrected chi connectivity index (χ2v) is 7.25. The van der Waals surface area contributed by atoms with Crippen LogP contribution in [-0.2, 0) is 0 Å². The fourth-order valence-corrected chi connectivity index (χ4v) is 3.50. The lowest BCUT2D eigenvalue weighted by Crippen LogP contribution is -2.49. The topological polar surface area (TPSA) is 67.2 Å². The van der Waals surface area contributed by atoms with Crippen molar-refractivity contribution in [2.24, 2.45) is 0 Å². The molecule has 0 aliphatic carbocycles. The van der Waals surface area contributed by atoms with E-state index in [-0.39, 0.29) is 5.91 Å². The number of nitrogens with zero attached hydrogens (tertiary/aromatic N) is 6. The smallest absolute Gasteiger partial charge is 0.254 e. The molecule has 2 aromatic heterocycles. The van der Waals surface area contributed by atoms with Crippen molar-refractivity contribution in [2.75, 3.05) is 31.1 Å². The maximum absolute atomic E-state index is 12.7. The summed E-state index contributed by atoms with van der Waals surface area (Å²) in [6, 6.07) is 9.04. The van der Waals surface area contributed by atoms with Gasteiger partial charge in [0.2, 0.25) is 0 Å². The van der Waals surface area contributed by atoms with E-state index in [1.54, 1.807) is 36.9 Å². The molecule has 1 aliphatic heterocycles. The number of piperazine rings is 1. The molecule has 0 unspecified atom stereocenters. The Labute approximate surface area is 168 Å². The summed E-state index contributed by atoms with van der Waals surface area (Å²) in [6.45, 7) is 6.69. The summed E-state index contributed by atoms with van der Waals surface area (Å²) in [6.07, 6.45) is 3.35. The van der Waals surface area contributed by atoms with E-state index < -0.39 is 0 Å². The van der Waals surface area contributed by atoms with Gasteiger partial charge in [0, 0.05) is 48.5 Å². The lowest BCUT2D eigenvalue weighted by molar-refractivity contribution is 0.0746. The first-order chi connectivity index (χ1) is 13.5. The van der Waals surface area contributed by atoms with E-state index in [2.05, 4.69) is 19.9 Å². The monoisotopic (exact) mass is 396 g/mol. The Morgan fingerprint density at radius 3 is 2.43 bits per heavy atom. The summed E-state index contributed by atoms with van der Waals surface area (Å²) in [4.78, 5) is 29.9. The van der Waals surface area contributed by atoms with Crippen molar-refractivity contribution in [3.8, 4) is 5.82 Å². The fourth-order valence-electron chi connectivity index (χ4n) is 3.31. The van der Waals surface area contributed by atoms with Crippen LogP contribution in [0.5, 0.6) is 0 Å². The largest absolute Gasteiger partial charge is 0.353 e. The van der Waals surface area contributed by atoms with E-state index in [1.165, 1.54) is 0 Å². The van der Waals surface area contributed by atoms with Crippen LogP contribution in [0.3, 0.4) is 0 Å². The number of hydrogen-bond donors (Lipinski definition) is 0. The molecule has 3 aromatic rings. The summed E-state index contributed by atoms with van der Waals surface area (Å²) in [5, 5.41) is 0.572. The number of imidazole rings is 1. The fraction of sp³-hybridized carbons (Fsp3) is 0.300. The van der Waals surface area contributed by atoms with Crippen LogP contribution in [0.1, 0.15) is 21.7 Å². The predicted molar refractivity (Wildman–Crippen MR) is 108 cm³/mol. The van der Waals surface area contributed by atoms with E-state index in [4.69, 9.17) is 11.6 Å². The molecule has 3 heterocycles. The van der Waals surface area contributed by atoms with E-state index >= 15 is 0 Å². The molecule has 0 N–H and O–H groups in total. The first-order valence-corrected chi connectivity index (χ1v) is 9.53. The maximum atomic E-state index is 12.7. The van der Waals surface area contributed by atoms with E-state index in [1.807, 2.05) is 29.4 Å².